The van der Waals surface area contributed by atoms with Gasteiger partial charge in [-0.3, -0.25) is 9.59 Å². The molecule has 1 unspecified atom stereocenters. The van der Waals surface area contributed by atoms with E-state index in [9.17, 15) is 9.59 Å². The van der Waals surface area contributed by atoms with Crippen LogP contribution in [0, 0.1) is 0 Å². The van der Waals surface area contributed by atoms with Crippen molar-refractivity contribution in [1.29, 1.82) is 0 Å². The SMILES string of the molecule is CCC(Oc1ccc(Cl)cc1)C(=O)Nc1ccccc1C(=O)N1CCCCC1. The van der Waals surface area contributed by atoms with Gasteiger partial charge in [0.05, 0.1) is 11.3 Å². The van der Waals surface area contributed by atoms with Crippen LogP contribution in [0.4, 0.5) is 5.69 Å². The van der Waals surface area contributed by atoms with Crippen molar-refractivity contribution in [2.45, 2.75) is 38.7 Å². The van der Waals surface area contributed by atoms with Gasteiger partial charge in [0.2, 0.25) is 0 Å². The number of amides is 2. The van der Waals surface area contributed by atoms with Crippen LogP contribution in [-0.4, -0.2) is 35.9 Å². The third kappa shape index (κ3) is 5.04. The zero-order chi connectivity index (χ0) is 19.9. The number of carbonyl (C=O) groups excluding carboxylic acids is 2. The molecule has 0 radical (unpaired) electrons. The fraction of sp³-hybridized carbons (Fsp3) is 0.364. The van der Waals surface area contributed by atoms with Crippen molar-refractivity contribution < 1.29 is 14.3 Å². The molecule has 0 spiro atoms. The summed E-state index contributed by atoms with van der Waals surface area (Å²) >= 11 is 5.89. The first kappa shape index (κ1) is 20.2. The Bertz CT molecular complexity index is 817. The molecule has 0 aliphatic carbocycles. The Morgan fingerprint density at radius 1 is 1.07 bits per heavy atom. The largest absolute Gasteiger partial charge is 0.481 e. The van der Waals surface area contributed by atoms with Gasteiger partial charge in [-0.25, -0.2) is 0 Å². The van der Waals surface area contributed by atoms with Crippen LogP contribution in [0.1, 0.15) is 43.0 Å². The summed E-state index contributed by atoms with van der Waals surface area (Å²) in [6.45, 7) is 3.40. The Kier molecular flexibility index (Phi) is 6.93. The molecule has 1 saturated heterocycles. The standard InChI is InChI=1S/C22H25ClN2O3/c1-2-20(28-17-12-10-16(23)11-13-17)21(26)24-19-9-5-4-8-18(19)22(27)25-14-6-3-7-15-25/h4-5,8-13,20H,2-3,6-7,14-15H2,1H3,(H,24,26). The zero-order valence-corrected chi connectivity index (χ0v) is 16.7. The van der Waals surface area contributed by atoms with E-state index in [0.29, 0.717) is 28.4 Å². The van der Waals surface area contributed by atoms with Crippen molar-refractivity contribution in [3.63, 3.8) is 0 Å². The van der Waals surface area contributed by atoms with Gasteiger partial charge in [-0.15, -0.1) is 0 Å². The van der Waals surface area contributed by atoms with Gasteiger partial charge in [0.25, 0.3) is 11.8 Å². The van der Waals surface area contributed by atoms with E-state index in [1.165, 1.54) is 0 Å². The van der Waals surface area contributed by atoms with Crippen LogP contribution in [0.15, 0.2) is 48.5 Å². The summed E-state index contributed by atoms with van der Waals surface area (Å²) in [5.41, 5.74) is 1.03. The zero-order valence-electron chi connectivity index (χ0n) is 16.0. The second-order valence-corrected chi connectivity index (χ2v) is 7.29. The molecule has 1 aliphatic rings. The van der Waals surface area contributed by atoms with Crippen LogP contribution in [0.5, 0.6) is 5.75 Å². The fourth-order valence-electron chi connectivity index (χ4n) is 3.26. The topological polar surface area (TPSA) is 58.6 Å². The lowest BCUT2D eigenvalue weighted by atomic mass is 10.1. The van der Waals surface area contributed by atoms with Crippen molar-refractivity contribution in [3.05, 3.63) is 59.1 Å². The lowest BCUT2D eigenvalue weighted by molar-refractivity contribution is -0.122. The molecule has 2 aromatic rings. The van der Waals surface area contributed by atoms with E-state index in [4.69, 9.17) is 16.3 Å². The Balaban J connectivity index is 1.72. The maximum atomic E-state index is 12.9. The average molecular weight is 401 g/mol. The van der Waals surface area contributed by atoms with E-state index in [0.717, 1.165) is 32.4 Å². The third-order valence-electron chi connectivity index (χ3n) is 4.81. The second kappa shape index (κ2) is 9.60. The Morgan fingerprint density at radius 3 is 2.43 bits per heavy atom. The molecule has 1 fully saturated rings. The van der Waals surface area contributed by atoms with E-state index in [1.54, 1.807) is 36.4 Å². The molecule has 5 nitrogen and oxygen atoms in total. The van der Waals surface area contributed by atoms with Gasteiger partial charge >= 0.3 is 0 Å². The van der Waals surface area contributed by atoms with Gasteiger partial charge in [-0.1, -0.05) is 30.7 Å². The fourth-order valence-corrected chi connectivity index (χ4v) is 3.38. The monoisotopic (exact) mass is 400 g/mol. The van der Waals surface area contributed by atoms with Crippen LogP contribution >= 0.6 is 11.6 Å². The molecule has 1 heterocycles. The molecule has 148 valence electrons. The van der Waals surface area contributed by atoms with E-state index < -0.39 is 6.10 Å². The van der Waals surface area contributed by atoms with E-state index in [-0.39, 0.29) is 11.8 Å². The van der Waals surface area contributed by atoms with Crippen molar-refractivity contribution in [2.24, 2.45) is 0 Å². The lowest BCUT2D eigenvalue weighted by Gasteiger charge is -2.27. The molecule has 1 aliphatic heterocycles. The third-order valence-corrected chi connectivity index (χ3v) is 5.07. The molecule has 6 heteroatoms. The minimum Gasteiger partial charge on any atom is -0.481 e. The van der Waals surface area contributed by atoms with Crippen molar-refractivity contribution in [1.82, 2.24) is 4.90 Å². The molecule has 0 bridgehead atoms. The normalized spacial score (nSPS) is 15.0. The number of hydrogen-bond donors (Lipinski definition) is 1. The van der Waals surface area contributed by atoms with Crippen molar-refractivity contribution >= 4 is 29.1 Å². The number of piperidine rings is 1. The molecular weight excluding hydrogens is 376 g/mol. The van der Waals surface area contributed by atoms with Gasteiger partial charge in [0.15, 0.2) is 6.10 Å². The van der Waals surface area contributed by atoms with Crippen LogP contribution in [-0.2, 0) is 4.79 Å². The predicted octanol–water partition coefficient (Wildman–Crippen LogP) is 4.76. The van der Waals surface area contributed by atoms with Crippen LogP contribution in [0.25, 0.3) is 0 Å². The highest BCUT2D eigenvalue weighted by Crippen LogP contribution is 2.22. The summed E-state index contributed by atoms with van der Waals surface area (Å²) in [6, 6.07) is 14.0. The van der Waals surface area contributed by atoms with Gasteiger partial charge in [-0.05, 0) is 62.1 Å². The van der Waals surface area contributed by atoms with Crippen LogP contribution in [0.3, 0.4) is 0 Å². The number of anilines is 1. The molecule has 1 N–H and O–H groups in total. The summed E-state index contributed by atoms with van der Waals surface area (Å²) in [7, 11) is 0. The number of para-hydroxylation sites is 1. The molecule has 28 heavy (non-hydrogen) atoms. The molecule has 3 rings (SSSR count). The number of benzene rings is 2. The number of likely N-dealkylation sites (tertiary alicyclic amines) is 1. The maximum Gasteiger partial charge on any atom is 0.265 e. The smallest absolute Gasteiger partial charge is 0.265 e. The van der Waals surface area contributed by atoms with Gasteiger partial charge < -0.3 is 15.0 Å². The lowest BCUT2D eigenvalue weighted by Crippen LogP contribution is -2.37. The molecule has 0 saturated carbocycles. The van der Waals surface area contributed by atoms with Gasteiger partial charge in [0, 0.05) is 18.1 Å². The molecule has 1 atom stereocenters. The van der Waals surface area contributed by atoms with Crippen molar-refractivity contribution in [3.8, 4) is 5.75 Å². The van der Waals surface area contributed by atoms with Gasteiger partial charge in [0.1, 0.15) is 5.75 Å². The number of halogens is 1. The van der Waals surface area contributed by atoms with E-state index in [1.807, 2.05) is 24.0 Å². The second-order valence-electron chi connectivity index (χ2n) is 6.86. The number of carbonyl (C=O) groups is 2. The molecule has 0 aromatic heterocycles. The molecule has 2 amide bonds. The molecule has 2 aromatic carbocycles. The van der Waals surface area contributed by atoms with Crippen LogP contribution in [0.2, 0.25) is 5.02 Å². The predicted molar refractivity (Wildman–Crippen MR) is 111 cm³/mol. The minimum atomic E-state index is -0.667. The number of nitrogens with one attached hydrogen (secondary N) is 1. The molecular formula is C22H25ClN2O3. The summed E-state index contributed by atoms with van der Waals surface area (Å²) in [4.78, 5) is 27.5. The summed E-state index contributed by atoms with van der Waals surface area (Å²) in [5.74, 6) is 0.252. The quantitative estimate of drug-likeness (QED) is 0.760. The van der Waals surface area contributed by atoms with E-state index in [2.05, 4.69) is 5.32 Å². The highest BCUT2D eigenvalue weighted by Gasteiger charge is 2.24. The first-order valence-electron chi connectivity index (χ1n) is 9.70. The van der Waals surface area contributed by atoms with Crippen molar-refractivity contribution in [2.75, 3.05) is 18.4 Å². The first-order valence-corrected chi connectivity index (χ1v) is 10.1. The van der Waals surface area contributed by atoms with E-state index >= 15 is 0 Å². The van der Waals surface area contributed by atoms with Crippen LogP contribution < -0.4 is 10.1 Å². The number of hydrogen-bond acceptors (Lipinski definition) is 3. The number of rotatable bonds is 6. The highest BCUT2D eigenvalue weighted by atomic mass is 35.5. The Morgan fingerprint density at radius 2 is 1.75 bits per heavy atom. The maximum absolute atomic E-state index is 12.9. The average Bonchev–Trinajstić information content (AvgIpc) is 2.73. The summed E-state index contributed by atoms with van der Waals surface area (Å²) in [6.07, 6.45) is 3.03. The first-order chi connectivity index (χ1) is 13.6. The van der Waals surface area contributed by atoms with Gasteiger partial charge in [-0.2, -0.15) is 0 Å². The minimum absolute atomic E-state index is 0.0396. The summed E-state index contributed by atoms with van der Waals surface area (Å²) in [5, 5.41) is 3.48. The Labute approximate surface area is 170 Å². The summed E-state index contributed by atoms with van der Waals surface area (Å²) < 4.78 is 5.80. The number of nitrogens with zero attached hydrogens (tertiary/aromatic N) is 1. The Hall–Kier alpha value is -2.53. The highest BCUT2D eigenvalue weighted by molar-refractivity contribution is 6.30. The number of ether oxygens (including phenoxy) is 1.